The van der Waals surface area contributed by atoms with E-state index in [1.54, 1.807) is 24.3 Å². The van der Waals surface area contributed by atoms with E-state index in [1.165, 1.54) is 0 Å². The topological polar surface area (TPSA) is 26.0 Å². The molecule has 0 saturated carbocycles. The molecule has 0 heterocycles. The lowest BCUT2D eigenvalue weighted by atomic mass is 10.1. The van der Waals surface area contributed by atoms with Crippen LogP contribution < -0.4 is 5.73 Å². The van der Waals surface area contributed by atoms with Crippen LogP contribution in [0.5, 0.6) is 0 Å². The van der Waals surface area contributed by atoms with Crippen molar-refractivity contribution in [3.63, 3.8) is 0 Å². The zero-order valence-corrected chi connectivity index (χ0v) is 7.94. The van der Waals surface area contributed by atoms with Crippen LogP contribution >= 0.6 is 23.2 Å². The van der Waals surface area contributed by atoms with E-state index in [4.69, 9.17) is 28.9 Å². The Balaban J connectivity index is 3.08. The minimum absolute atomic E-state index is 0.207. The van der Waals surface area contributed by atoms with Crippen LogP contribution in [0.15, 0.2) is 30.9 Å². The first-order valence-electron chi connectivity index (χ1n) is 3.47. The molecule has 0 spiro atoms. The van der Waals surface area contributed by atoms with Gasteiger partial charge in [-0.3, -0.25) is 0 Å². The van der Waals surface area contributed by atoms with E-state index in [1.807, 2.05) is 0 Å². The van der Waals surface area contributed by atoms with Crippen molar-refractivity contribution in [2.45, 2.75) is 6.04 Å². The first-order valence-corrected chi connectivity index (χ1v) is 4.23. The van der Waals surface area contributed by atoms with Crippen LogP contribution in [0.1, 0.15) is 11.6 Å². The normalized spacial score (nSPS) is 12.6. The molecule has 0 aliphatic heterocycles. The molecule has 1 nitrogen and oxygen atoms in total. The van der Waals surface area contributed by atoms with Crippen molar-refractivity contribution >= 4 is 23.2 Å². The number of hydrogen-bond acceptors (Lipinski definition) is 1. The van der Waals surface area contributed by atoms with Crippen LogP contribution in [-0.2, 0) is 0 Å². The summed E-state index contributed by atoms with van der Waals surface area (Å²) in [6.45, 7) is 3.59. The molecule has 64 valence electrons. The van der Waals surface area contributed by atoms with Crippen LogP contribution in [-0.4, -0.2) is 0 Å². The summed E-state index contributed by atoms with van der Waals surface area (Å²) in [5.41, 5.74) is 6.57. The Hall–Kier alpha value is -0.500. The summed E-state index contributed by atoms with van der Waals surface area (Å²) in [5.74, 6) is 0. The van der Waals surface area contributed by atoms with Crippen LogP contribution in [0.3, 0.4) is 0 Å². The van der Waals surface area contributed by atoms with Crippen molar-refractivity contribution < 1.29 is 0 Å². The van der Waals surface area contributed by atoms with E-state index in [-0.39, 0.29) is 6.04 Å². The molecule has 1 atom stereocenters. The molecule has 0 aliphatic carbocycles. The van der Waals surface area contributed by atoms with Crippen LogP contribution in [0.25, 0.3) is 0 Å². The highest BCUT2D eigenvalue weighted by Gasteiger charge is 2.03. The van der Waals surface area contributed by atoms with Crippen LogP contribution in [0, 0.1) is 0 Å². The second kappa shape index (κ2) is 3.94. The minimum Gasteiger partial charge on any atom is -0.321 e. The third-order valence-electron chi connectivity index (χ3n) is 1.52. The van der Waals surface area contributed by atoms with Gasteiger partial charge < -0.3 is 5.73 Å². The quantitative estimate of drug-likeness (QED) is 0.732. The third-order valence-corrected chi connectivity index (χ3v) is 1.96. The predicted molar refractivity (Wildman–Crippen MR) is 53.6 cm³/mol. The lowest BCUT2D eigenvalue weighted by molar-refractivity contribution is 0.915. The molecule has 0 radical (unpaired) electrons. The molecule has 1 rings (SSSR count). The van der Waals surface area contributed by atoms with Gasteiger partial charge in [0.05, 0.1) is 0 Å². The highest BCUT2D eigenvalue weighted by molar-refractivity contribution is 6.34. The first-order chi connectivity index (χ1) is 5.63. The number of benzene rings is 1. The Morgan fingerprint density at radius 1 is 1.25 bits per heavy atom. The van der Waals surface area contributed by atoms with Gasteiger partial charge in [-0.1, -0.05) is 29.3 Å². The first kappa shape index (κ1) is 9.59. The molecule has 2 N–H and O–H groups in total. The van der Waals surface area contributed by atoms with Gasteiger partial charge in [0.1, 0.15) is 0 Å². The van der Waals surface area contributed by atoms with Gasteiger partial charge in [-0.25, -0.2) is 0 Å². The van der Waals surface area contributed by atoms with Gasteiger partial charge in [-0.05, 0) is 23.8 Å². The van der Waals surface area contributed by atoms with Crippen molar-refractivity contribution in [1.29, 1.82) is 0 Å². The van der Waals surface area contributed by atoms with Gasteiger partial charge in [0, 0.05) is 16.1 Å². The predicted octanol–water partition coefficient (Wildman–Crippen LogP) is 3.18. The lowest BCUT2D eigenvalue weighted by Gasteiger charge is -2.06. The molecule has 0 aliphatic rings. The van der Waals surface area contributed by atoms with Gasteiger partial charge >= 0.3 is 0 Å². The van der Waals surface area contributed by atoms with Crippen molar-refractivity contribution in [1.82, 2.24) is 0 Å². The average Bonchev–Trinajstić information content (AvgIpc) is 2.01. The van der Waals surface area contributed by atoms with E-state index >= 15 is 0 Å². The number of rotatable bonds is 2. The molecule has 0 fully saturated rings. The van der Waals surface area contributed by atoms with Crippen molar-refractivity contribution in [2.24, 2.45) is 5.73 Å². The largest absolute Gasteiger partial charge is 0.321 e. The molecule has 3 heteroatoms. The Bertz CT molecular complexity index is 276. The molecule has 0 amide bonds. The number of nitrogens with two attached hydrogens (primary N) is 1. The molecular weight excluding hydrogens is 193 g/mol. The summed E-state index contributed by atoms with van der Waals surface area (Å²) >= 11 is 11.6. The van der Waals surface area contributed by atoms with E-state index in [0.29, 0.717) is 10.0 Å². The molecule has 0 bridgehead atoms. The fourth-order valence-electron chi connectivity index (χ4n) is 0.904. The zero-order chi connectivity index (χ0) is 9.14. The van der Waals surface area contributed by atoms with Gasteiger partial charge in [0.2, 0.25) is 0 Å². The maximum Gasteiger partial charge on any atom is 0.0479 e. The second-order valence-corrected chi connectivity index (χ2v) is 3.34. The Kier molecular flexibility index (Phi) is 3.15. The fraction of sp³-hybridized carbons (Fsp3) is 0.111. The molecule has 0 saturated heterocycles. The summed E-state index contributed by atoms with van der Waals surface area (Å²) in [6, 6.07) is 5.02. The van der Waals surface area contributed by atoms with Gasteiger partial charge in [-0.2, -0.15) is 0 Å². The Morgan fingerprint density at radius 3 is 2.17 bits per heavy atom. The second-order valence-electron chi connectivity index (χ2n) is 2.46. The maximum absolute atomic E-state index is 5.78. The highest BCUT2D eigenvalue weighted by atomic mass is 35.5. The summed E-state index contributed by atoms with van der Waals surface area (Å²) in [7, 11) is 0. The van der Waals surface area contributed by atoms with Crippen LogP contribution in [0.4, 0.5) is 0 Å². The van der Waals surface area contributed by atoms with E-state index < -0.39 is 0 Å². The summed E-state index contributed by atoms with van der Waals surface area (Å²) in [5, 5.41) is 1.18. The highest BCUT2D eigenvalue weighted by Crippen LogP contribution is 2.22. The molecule has 1 aromatic rings. The van der Waals surface area contributed by atoms with Gasteiger partial charge in [0.15, 0.2) is 0 Å². The standard InChI is InChI=1S/C9H9Cl2N/c1-2-9(12)6-3-7(10)5-8(11)4-6/h2-5,9H,1,12H2/t9-/m0/s1. The lowest BCUT2D eigenvalue weighted by Crippen LogP contribution is -2.05. The molecular formula is C9H9Cl2N. The molecule has 12 heavy (non-hydrogen) atoms. The van der Waals surface area contributed by atoms with E-state index in [9.17, 15) is 0 Å². The minimum atomic E-state index is -0.207. The fourth-order valence-corrected chi connectivity index (χ4v) is 1.45. The van der Waals surface area contributed by atoms with Crippen molar-refractivity contribution in [3.8, 4) is 0 Å². The van der Waals surface area contributed by atoms with Crippen LogP contribution in [0.2, 0.25) is 10.0 Å². The zero-order valence-electron chi connectivity index (χ0n) is 6.43. The number of hydrogen-bond donors (Lipinski definition) is 1. The van der Waals surface area contributed by atoms with Crippen molar-refractivity contribution in [2.75, 3.05) is 0 Å². The third kappa shape index (κ3) is 2.24. The molecule has 1 aromatic carbocycles. The SMILES string of the molecule is C=C[C@H](N)c1cc(Cl)cc(Cl)c1. The summed E-state index contributed by atoms with van der Waals surface area (Å²) in [6.07, 6.45) is 1.64. The Labute approximate surface area is 81.8 Å². The number of halogens is 2. The molecule has 0 aromatic heterocycles. The summed E-state index contributed by atoms with van der Waals surface area (Å²) < 4.78 is 0. The molecule has 0 unspecified atom stereocenters. The maximum atomic E-state index is 5.78. The van der Waals surface area contributed by atoms with E-state index in [2.05, 4.69) is 6.58 Å². The van der Waals surface area contributed by atoms with Gasteiger partial charge in [-0.15, -0.1) is 6.58 Å². The summed E-state index contributed by atoms with van der Waals surface area (Å²) in [4.78, 5) is 0. The van der Waals surface area contributed by atoms with Gasteiger partial charge in [0.25, 0.3) is 0 Å². The smallest absolute Gasteiger partial charge is 0.0479 e. The monoisotopic (exact) mass is 201 g/mol. The Morgan fingerprint density at radius 2 is 1.75 bits per heavy atom. The van der Waals surface area contributed by atoms with Crippen molar-refractivity contribution in [3.05, 3.63) is 46.5 Å². The van der Waals surface area contributed by atoms with E-state index in [0.717, 1.165) is 5.56 Å². The average molecular weight is 202 g/mol.